The molecule has 0 N–H and O–H groups in total. The van der Waals surface area contributed by atoms with Crippen LogP contribution in [-0.2, 0) is 4.79 Å². The molecule has 6 heteroatoms. The van der Waals surface area contributed by atoms with Crippen LogP contribution in [-0.4, -0.2) is 43.6 Å². The van der Waals surface area contributed by atoms with Crippen LogP contribution in [0.5, 0.6) is 5.75 Å². The molecule has 0 spiro atoms. The maximum Gasteiger partial charge on any atom is 0.260 e. The molecular formula is C18H18BrFN2O2. The number of amides is 1. The van der Waals surface area contributed by atoms with Gasteiger partial charge in [-0.1, -0.05) is 18.2 Å². The molecule has 24 heavy (non-hydrogen) atoms. The van der Waals surface area contributed by atoms with Gasteiger partial charge in [0.1, 0.15) is 11.6 Å². The summed E-state index contributed by atoms with van der Waals surface area (Å²) >= 11 is 3.23. The second kappa shape index (κ2) is 7.66. The van der Waals surface area contributed by atoms with Gasteiger partial charge < -0.3 is 14.5 Å². The molecule has 0 atom stereocenters. The third-order valence-electron chi connectivity index (χ3n) is 4.00. The van der Waals surface area contributed by atoms with Crippen LogP contribution in [0.25, 0.3) is 0 Å². The first kappa shape index (κ1) is 16.8. The Bertz CT molecular complexity index is 703. The Hall–Kier alpha value is -2.08. The lowest BCUT2D eigenvalue weighted by Crippen LogP contribution is -2.50. The Morgan fingerprint density at radius 1 is 1.08 bits per heavy atom. The number of carbonyl (C=O) groups is 1. The van der Waals surface area contributed by atoms with Crippen molar-refractivity contribution in [2.75, 3.05) is 37.7 Å². The average Bonchev–Trinajstić information content (AvgIpc) is 2.62. The molecular weight excluding hydrogens is 375 g/mol. The summed E-state index contributed by atoms with van der Waals surface area (Å²) in [5, 5.41) is 0. The van der Waals surface area contributed by atoms with Gasteiger partial charge in [0, 0.05) is 31.9 Å². The largest absolute Gasteiger partial charge is 0.483 e. The minimum absolute atomic E-state index is 0.0461. The molecule has 1 amide bonds. The number of nitrogens with zero attached hydrogens (tertiary/aromatic N) is 2. The van der Waals surface area contributed by atoms with E-state index in [1.807, 2.05) is 18.2 Å². The normalized spacial score (nSPS) is 14.6. The van der Waals surface area contributed by atoms with E-state index in [9.17, 15) is 9.18 Å². The quantitative estimate of drug-likeness (QED) is 0.799. The Balaban J connectivity index is 1.50. The molecule has 1 aliphatic rings. The Kier molecular flexibility index (Phi) is 5.35. The molecule has 0 unspecified atom stereocenters. The summed E-state index contributed by atoms with van der Waals surface area (Å²) in [4.78, 5) is 16.4. The van der Waals surface area contributed by atoms with Crippen LogP contribution in [0.15, 0.2) is 53.0 Å². The first-order valence-corrected chi connectivity index (χ1v) is 8.58. The molecule has 0 bridgehead atoms. The maximum absolute atomic E-state index is 13.0. The zero-order valence-corrected chi connectivity index (χ0v) is 14.7. The molecule has 0 aliphatic carbocycles. The monoisotopic (exact) mass is 392 g/mol. The summed E-state index contributed by atoms with van der Waals surface area (Å²) in [6.45, 7) is 2.89. The van der Waals surface area contributed by atoms with Crippen LogP contribution in [0.1, 0.15) is 0 Å². The predicted octanol–water partition coefficient (Wildman–Crippen LogP) is 3.32. The Labute approximate surface area is 149 Å². The van der Waals surface area contributed by atoms with Crippen molar-refractivity contribution in [3.63, 3.8) is 0 Å². The topological polar surface area (TPSA) is 32.8 Å². The van der Waals surface area contributed by atoms with Crippen LogP contribution in [0, 0.1) is 5.82 Å². The number of rotatable bonds is 4. The van der Waals surface area contributed by atoms with E-state index >= 15 is 0 Å². The predicted molar refractivity (Wildman–Crippen MR) is 94.8 cm³/mol. The standard InChI is InChI=1S/C18H18BrFN2O2/c19-16-12-14(20)6-7-17(16)24-13-18(23)22-10-8-21(9-11-22)15-4-2-1-3-5-15/h1-7,12H,8-11,13H2. The fourth-order valence-electron chi connectivity index (χ4n) is 2.68. The van der Waals surface area contributed by atoms with Crippen LogP contribution >= 0.6 is 15.9 Å². The fraction of sp³-hybridized carbons (Fsp3) is 0.278. The highest BCUT2D eigenvalue weighted by molar-refractivity contribution is 9.10. The number of piperazine rings is 1. The van der Waals surface area contributed by atoms with E-state index in [0.717, 1.165) is 13.1 Å². The minimum atomic E-state index is -0.349. The summed E-state index contributed by atoms with van der Waals surface area (Å²) in [7, 11) is 0. The third-order valence-corrected chi connectivity index (χ3v) is 4.62. The van der Waals surface area contributed by atoms with E-state index in [0.29, 0.717) is 23.3 Å². The average molecular weight is 393 g/mol. The molecule has 2 aromatic carbocycles. The highest BCUT2D eigenvalue weighted by atomic mass is 79.9. The van der Waals surface area contributed by atoms with Crippen LogP contribution < -0.4 is 9.64 Å². The summed E-state index contributed by atoms with van der Waals surface area (Å²) in [5.74, 6) is 0.0594. The summed E-state index contributed by atoms with van der Waals surface area (Å²) < 4.78 is 19.1. The number of benzene rings is 2. The third kappa shape index (κ3) is 4.06. The molecule has 0 radical (unpaired) electrons. The van der Waals surface area contributed by atoms with Gasteiger partial charge in [0.25, 0.3) is 5.91 Å². The molecule has 1 fully saturated rings. The lowest BCUT2D eigenvalue weighted by Gasteiger charge is -2.36. The summed E-state index contributed by atoms with van der Waals surface area (Å²) in [6, 6.07) is 14.3. The molecule has 1 aliphatic heterocycles. The molecule has 1 heterocycles. The highest BCUT2D eigenvalue weighted by Crippen LogP contribution is 2.25. The second-order valence-corrected chi connectivity index (χ2v) is 6.42. The van der Waals surface area contributed by atoms with Gasteiger partial charge in [0.2, 0.25) is 0 Å². The Morgan fingerprint density at radius 3 is 2.46 bits per heavy atom. The number of hydrogen-bond acceptors (Lipinski definition) is 3. The molecule has 0 aromatic heterocycles. The zero-order chi connectivity index (χ0) is 16.9. The smallest absolute Gasteiger partial charge is 0.260 e. The first-order valence-electron chi connectivity index (χ1n) is 7.79. The second-order valence-electron chi connectivity index (χ2n) is 5.57. The SMILES string of the molecule is O=C(COc1ccc(F)cc1Br)N1CCN(c2ccccc2)CC1. The van der Waals surface area contributed by atoms with Crippen molar-refractivity contribution in [2.24, 2.45) is 0 Å². The van der Waals surface area contributed by atoms with Gasteiger partial charge in [-0.2, -0.15) is 0 Å². The lowest BCUT2D eigenvalue weighted by molar-refractivity contribution is -0.133. The molecule has 126 valence electrons. The van der Waals surface area contributed by atoms with Crippen molar-refractivity contribution in [3.8, 4) is 5.75 Å². The van der Waals surface area contributed by atoms with Crippen LogP contribution in [0.2, 0.25) is 0 Å². The number of para-hydroxylation sites is 1. The van der Waals surface area contributed by atoms with Crippen molar-refractivity contribution in [1.82, 2.24) is 4.90 Å². The minimum Gasteiger partial charge on any atom is -0.483 e. The van der Waals surface area contributed by atoms with Crippen molar-refractivity contribution < 1.29 is 13.9 Å². The molecule has 4 nitrogen and oxygen atoms in total. The van der Waals surface area contributed by atoms with Crippen molar-refractivity contribution in [3.05, 3.63) is 58.8 Å². The van der Waals surface area contributed by atoms with E-state index in [4.69, 9.17) is 4.74 Å². The maximum atomic E-state index is 13.0. The van der Waals surface area contributed by atoms with E-state index in [-0.39, 0.29) is 18.3 Å². The van der Waals surface area contributed by atoms with E-state index < -0.39 is 0 Å². The van der Waals surface area contributed by atoms with Gasteiger partial charge in [-0.15, -0.1) is 0 Å². The van der Waals surface area contributed by atoms with Gasteiger partial charge in [-0.05, 0) is 46.3 Å². The van der Waals surface area contributed by atoms with E-state index in [1.165, 1.54) is 23.9 Å². The number of carbonyl (C=O) groups excluding carboxylic acids is 1. The van der Waals surface area contributed by atoms with Gasteiger partial charge in [0.15, 0.2) is 6.61 Å². The summed E-state index contributed by atoms with van der Waals surface area (Å²) in [5.41, 5.74) is 1.18. The van der Waals surface area contributed by atoms with Crippen LogP contribution in [0.3, 0.4) is 0 Å². The molecule has 3 rings (SSSR count). The first-order chi connectivity index (χ1) is 11.6. The van der Waals surface area contributed by atoms with E-state index in [1.54, 1.807) is 4.90 Å². The van der Waals surface area contributed by atoms with Crippen molar-refractivity contribution in [2.45, 2.75) is 0 Å². The molecule has 1 saturated heterocycles. The summed E-state index contributed by atoms with van der Waals surface area (Å²) in [6.07, 6.45) is 0. The lowest BCUT2D eigenvalue weighted by atomic mass is 10.2. The Morgan fingerprint density at radius 2 is 1.79 bits per heavy atom. The molecule has 0 saturated carbocycles. The van der Waals surface area contributed by atoms with Gasteiger partial charge in [0.05, 0.1) is 4.47 Å². The number of hydrogen-bond donors (Lipinski definition) is 0. The fourth-order valence-corrected chi connectivity index (χ4v) is 3.14. The zero-order valence-electron chi connectivity index (χ0n) is 13.1. The number of ether oxygens (including phenoxy) is 1. The highest BCUT2D eigenvalue weighted by Gasteiger charge is 2.21. The molecule has 2 aromatic rings. The van der Waals surface area contributed by atoms with Crippen molar-refractivity contribution in [1.29, 1.82) is 0 Å². The van der Waals surface area contributed by atoms with E-state index in [2.05, 4.69) is 33.0 Å². The number of anilines is 1. The number of halogens is 2. The van der Waals surface area contributed by atoms with Gasteiger partial charge in [-0.25, -0.2) is 4.39 Å². The van der Waals surface area contributed by atoms with Crippen molar-refractivity contribution >= 4 is 27.5 Å². The van der Waals surface area contributed by atoms with Gasteiger partial charge >= 0.3 is 0 Å². The van der Waals surface area contributed by atoms with Gasteiger partial charge in [-0.3, -0.25) is 4.79 Å². The van der Waals surface area contributed by atoms with Crippen LogP contribution in [0.4, 0.5) is 10.1 Å².